The average Bonchev–Trinajstić information content (AvgIpc) is 3.21. The van der Waals surface area contributed by atoms with Crippen LogP contribution in [0.5, 0.6) is 0 Å². The van der Waals surface area contributed by atoms with Crippen molar-refractivity contribution in [1.82, 2.24) is 15.6 Å². The molecule has 1 heterocycles. The highest BCUT2D eigenvalue weighted by Crippen LogP contribution is 2.19. The number of benzene rings is 2. The van der Waals surface area contributed by atoms with E-state index in [0.29, 0.717) is 31.4 Å². The number of oxazole rings is 1. The van der Waals surface area contributed by atoms with Gasteiger partial charge >= 0.3 is 0 Å². The number of aliphatic imine (C=N–C) groups is 1. The van der Waals surface area contributed by atoms with Gasteiger partial charge in [0, 0.05) is 37.9 Å². The van der Waals surface area contributed by atoms with Gasteiger partial charge in [-0.05, 0) is 48.6 Å². The van der Waals surface area contributed by atoms with Gasteiger partial charge in [-0.15, -0.1) is 0 Å². The first-order valence-corrected chi connectivity index (χ1v) is 11.2. The fourth-order valence-electron chi connectivity index (χ4n) is 3.02. The first kappa shape index (κ1) is 21.9. The number of nitrogens with one attached hydrogen (secondary N) is 2. The van der Waals surface area contributed by atoms with Crippen LogP contribution >= 0.6 is 11.8 Å². The van der Waals surface area contributed by atoms with E-state index in [0.717, 1.165) is 28.1 Å². The quantitative estimate of drug-likeness (QED) is 0.408. The van der Waals surface area contributed by atoms with Crippen LogP contribution in [-0.2, 0) is 18.7 Å². The molecule has 0 aliphatic rings. The SMILES string of the molecule is CN=C(NCCc1coc(-c2ccc(C)cc2)n1)NCc1ccc(F)cc1CSC. The van der Waals surface area contributed by atoms with Gasteiger partial charge in [-0.3, -0.25) is 4.99 Å². The summed E-state index contributed by atoms with van der Waals surface area (Å²) in [7, 11) is 1.73. The zero-order chi connectivity index (χ0) is 21.3. The number of aryl methyl sites for hydroxylation is 1. The van der Waals surface area contributed by atoms with Crippen molar-refractivity contribution in [2.24, 2.45) is 4.99 Å². The maximum atomic E-state index is 13.5. The van der Waals surface area contributed by atoms with Crippen molar-refractivity contribution in [1.29, 1.82) is 0 Å². The Bertz CT molecular complexity index is 985. The van der Waals surface area contributed by atoms with Gasteiger partial charge in [0.15, 0.2) is 5.96 Å². The van der Waals surface area contributed by atoms with Gasteiger partial charge in [0.1, 0.15) is 12.1 Å². The molecular weight excluding hydrogens is 399 g/mol. The Kier molecular flexibility index (Phi) is 7.90. The standard InChI is InChI=1S/C23H27FN4OS/c1-16-4-6-17(7-5-16)22-28-21(14-29-22)10-11-26-23(25-2)27-13-18-8-9-20(24)12-19(18)15-30-3/h4-9,12,14H,10-11,13,15H2,1-3H3,(H2,25,26,27). The second-order valence-corrected chi connectivity index (χ2v) is 7.82. The lowest BCUT2D eigenvalue weighted by atomic mass is 10.1. The van der Waals surface area contributed by atoms with Crippen molar-refractivity contribution >= 4 is 17.7 Å². The smallest absolute Gasteiger partial charge is 0.226 e. The van der Waals surface area contributed by atoms with E-state index < -0.39 is 0 Å². The number of halogens is 1. The largest absolute Gasteiger partial charge is 0.444 e. The molecule has 3 rings (SSSR count). The molecule has 0 atom stereocenters. The van der Waals surface area contributed by atoms with E-state index in [9.17, 15) is 4.39 Å². The molecule has 5 nitrogen and oxygen atoms in total. The van der Waals surface area contributed by atoms with E-state index in [2.05, 4.69) is 27.5 Å². The van der Waals surface area contributed by atoms with Gasteiger partial charge in [-0.2, -0.15) is 11.8 Å². The molecule has 0 amide bonds. The van der Waals surface area contributed by atoms with Gasteiger partial charge in [0.2, 0.25) is 5.89 Å². The van der Waals surface area contributed by atoms with Crippen LogP contribution < -0.4 is 10.6 Å². The molecule has 0 spiro atoms. The Morgan fingerprint density at radius 1 is 1.13 bits per heavy atom. The third-order valence-corrected chi connectivity index (χ3v) is 5.26. The number of guanidine groups is 1. The number of rotatable bonds is 8. The zero-order valence-corrected chi connectivity index (χ0v) is 18.4. The number of hydrogen-bond acceptors (Lipinski definition) is 4. The highest BCUT2D eigenvalue weighted by Gasteiger charge is 2.08. The highest BCUT2D eigenvalue weighted by molar-refractivity contribution is 7.97. The summed E-state index contributed by atoms with van der Waals surface area (Å²) in [5.41, 5.74) is 5.12. The minimum atomic E-state index is -0.206. The number of nitrogens with zero attached hydrogens (tertiary/aromatic N) is 2. The number of thioether (sulfide) groups is 1. The lowest BCUT2D eigenvalue weighted by Crippen LogP contribution is -2.38. The van der Waals surface area contributed by atoms with Crippen LogP contribution in [0, 0.1) is 12.7 Å². The van der Waals surface area contributed by atoms with Crippen LogP contribution in [0.25, 0.3) is 11.5 Å². The number of aromatic nitrogens is 1. The predicted molar refractivity (Wildman–Crippen MR) is 122 cm³/mol. The molecule has 1 aromatic heterocycles. The average molecular weight is 427 g/mol. The van der Waals surface area contributed by atoms with Crippen molar-refractivity contribution in [3.8, 4) is 11.5 Å². The molecule has 0 aliphatic carbocycles. The second kappa shape index (κ2) is 10.8. The first-order chi connectivity index (χ1) is 14.6. The van der Waals surface area contributed by atoms with Gasteiger partial charge in [0.25, 0.3) is 0 Å². The van der Waals surface area contributed by atoms with E-state index >= 15 is 0 Å². The minimum absolute atomic E-state index is 0.206. The molecule has 0 saturated heterocycles. The van der Waals surface area contributed by atoms with E-state index in [1.54, 1.807) is 31.1 Å². The molecule has 0 fully saturated rings. The van der Waals surface area contributed by atoms with Crippen molar-refractivity contribution in [2.45, 2.75) is 25.6 Å². The van der Waals surface area contributed by atoms with Gasteiger partial charge in [-0.25, -0.2) is 9.37 Å². The molecule has 7 heteroatoms. The predicted octanol–water partition coefficient (Wildman–Crippen LogP) is 4.56. The molecule has 30 heavy (non-hydrogen) atoms. The lowest BCUT2D eigenvalue weighted by Gasteiger charge is -2.14. The molecular formula is C23H27FN4OS. The summed E-state index contributed by atoms with van der Waals surface area (Å²) < 4.78 is 19.1. The first-order valence-electron chi connectivity index (χ1n) is 9.81. The molecule has 0 aliphatic heterocycles. The van der Waals surface area contributed by atoms with Crippen molar-refractivity contribution in [3.05, 3.63) is 76.9 Å². The molecule has 0 saturated carbocycles. The maximum absolute atomic E-state index is 13.5. The summed E-state index contributed by atoms with van der Waals surface area (Å²) in [5.74, 6) is 1.89. The van der Waals surface area contributed by atoms with E-state index in [1.165, 1.54) is 11.6 Å². The molecule has 158 valence electrons. The monoisotopic (exact) mass is 426 g/mol. The van der Waals surface area contributed by atoms with Gasteiger partial charge in [-0.1, -0.05) is 23.8 Å². The van der Waals surface area contributed by atoms with Crippen LogP contribution in [0.2, 0.25) is 0 Å². The summed E-state index contributed by atoms with van der Waals surface area (Å²) in [6.07, 6.45) is 4.42. The van der Waals surface area contributed by atoms with E-state index in [-0.39, 0.29) is 5.82 Å². The summed E-state index contributed by atoms with van der Waals surface area (Å²) in [5, 5.41) is 6.58. The minimum Gasteiger partial charge on any atom is -0.444 e. The summed E-state index contributed by atoms with van der Waals surface area (Å²) in [4.78, 5) is 8.82. The molecule has 0 radical (unpaired) electrons. The van der Waals surface area contributed by atoms with Crippen molar-refractivity contribution < 1.29 is 8.81 Å². The summed E-state index contributed by atoms with van der Waals surface area (Å²) >= 11 is 1.67. The Hall–Kier alpha value is -2.80. The highest BCUT2D eigenvalue weighted by atomic mass is 32.2. The van der Waals surface area contributed by atoms with Crippen LogP contribution in [0.15, 0.2) is 58.1 Å². The zero-order valence-electron chi connectivity index (χ0n) is 17.5. The fourth-order valence-corrected chi connectivity index (χ4v) is 3.60. The second-order valence-electron chi connectivity index (χ2n) is 6.96. The summed E-state index contributed by atoms with van der Waals surface area (Å²) in [6, 6.07) is 13.0. The molecule has 0 bridgehead atoms. The third kappa shape index (κ3) is 6.10. The Balaban J connectivity index is 1.50. The molecule has 3 aromatic rings. The molecule has 0 unspecified atom stereocenters. The normalized spacial score (nSPS) is 11.5. The van der Waals surface area contributed by atoms with Crippen LogP contribution in [0.3, 0.4) is 0 Å². The molecule has 2 aromatic carbocycles. The van der Waals surface area contributed by atoms with Gasteiger partial charge < -0.3 is 15.1 Å². The third-order valence-electron chi connectivity index (χ3n) is 4.66. The van der Waals surface area contributed by atoms with Crippen molar-refractivity contribution in [3.63, 3.8) is 0 Å². The van der Waals surface area contributed by atoms with Gasteiger partial charge in [0.05, 0.1) is 5.69 Å². The lowest BCUT2D eigenvalue weighted by molar-refractivity contribution is 0.572. The van der Waals surface area contributed by atoms with Crippen LogP contribution in [-0.4, -0.2) is 30.8 Å². The Morgan fingerprint density at radius 2 is 1.93 bits per heavy atom. The Morgan fingerprint density at radius 3 is 2.67 bits per heavy atom. The maximum Gasteiger partial charge on any atom is 0.226 e. The van der Waals surface area contributed by atoms with E-state index in [1.807, 2.05) is 36.6 Å². The van der Waals surface area contributed by atoms with E-state index in [4.69, 9.17) is 4.42 Å². The topological polar surface area (TPSA) is 62.5 Å². The van der Waals surface area contributed by atoms with Crippen LogP contribution in [0.1, 0.15) is 22.4 Å². The van der Waals surface area contributed by atoms with Crippen LogP contribution in [0.4, 0.5) is 4.39 Å². The Labute approximate surface area is 181 Å². The number of hydrogen-bond donors (Lipinski definition) is 2. The fraction of sp³-hybridized carbons (Fsp3) is 0.304. The van der Waals surface area contributed by atoms with Crippen molar-refractivity contribution in [2.75, 3.05) is 19.8 Å². The molecule has 2 N–H and O–H groups in total. The summed E-state index contributed by atoms with van der Waals surface area (Å²) in [6.45, 7) is 3.30.